The summed E-state index contributed by atoms with van der Waals surface area (Å²) in [6, 6.07) is 3.67. The molecule has 0 aromatic carbocycles. The zero-order valence-electron chi connectivity index (χ0n) is 13.2. The molecule has 1 aliphatic heterocycles. The Hall–Kier alpha value is -1.60. The van der Waals surface area contributed by atoms with Crippen molar-refractivity contribution in [2.24, 2.45) is 0 Å². The summed E-state index contributed by atoms with van der Waals surface area (Å²) in [6.45, 7) is 6.05. The number of furan rings is 1. The van der Waals surface area contributed by atoms with E-state index in [1.165, 1.54) is 0 Å². The summed E-state index contributed by atoms with van der Waals surface area (Å²) >= 11 is 3.39. The number of carbonyl (C=O) groups excluding carboxylic acids is 1. The van der Waals surface area contributed by atoms with Gasteiger partial charge in [-0.25, -0.2) is 0 Å². The lowest BCUT2D eigenvalue weighted by Gasteiger charge is -2.36. The lowest BCUT2D eigenvalue weighted by molar-refractivity contribution is -0.137. The molecule has 6 nitrogen and oxygen atoms in total. The number of halogens is 1. The van der Waals surface area contributed by atoms with E-state index in [2.05, 4.69) is 25.9 Å². The molecule has 23 heavy (non-hydrogen) atoms. The van der Waals surface area contributed by atoms with Crippen molar-refractivity contribution in [2.45, 2.75) is 25.9 Å². The predicted molar refractivity (Wildman–Crippen MR) is 89.8 cm³/mol. The van der Waals surface area contributed by atoms with Crippen LogP contribution in [0.1, 0.15) is 25.1 Å². The highest BCUT2D eigenvalue weighted by molar-refractivity contribution is 9.10. The maximum atomic E-state index is 12.8. The fourth-order valence-corrected chi connectivity index (χ4v) is 3.22. The molecular weight excluding hydrogens is 360 g/mol. The SMILES string of the molecule is CCC(C(=O)N1CCN(Cc2ccco2)CC1)n1cc(Br)cn1. The smallest absolute Gasteiger partial charge is 0.247 e. The van der Waals surface area contributed by atoms with Crippen LogP contribution in [0.5, 0.6) is 0 Å². The fraction of sp³-hybridized carbons (Fsp3) is 0.500. The molecule has 0 bridgehead atoms. The normalized spacial score (nSPS) is 17.4. The molecule has 2 aromatic rings. The summed E-state index contributed by atoms with van der Waals surface area (Å²) in [5.41, 5.74) is 0. The molecule has 3 rings (SSSR count). The van der Waals surface area contributed by atoms with E-state index in [0.29, 0.717) is 0 Å². The van der Waals surface area contributed by atoms with Gasteiger partial charge in [0.15, 0.2) is 0 Å². The largest absolute Gasteiger partial charge is 0.468 e. The Morgan fingerprint density at radius 3 is 2.74 bits per heavy atom. The maximum absolute atomic E-state index is 12.8. The number of hydrogen-bond donors (Lipinski definition) is 0. The van der Waals surface area contributed by atoms with E-state index in [1.54, 1.807) is 17.1 Å². The van der Waals surface area contributed by atoms with E-state index in [0.717, 1.165) is 49.4 Å². The molecule has 1 saturated heterocycles. The first-order chi connectivity index (χ1) is 11.2. The molecule has 0 N–H and O–H groups in total. The summed E-state index contributed by atoms with van der Waals surface area (Å²) < 4.78 is 8.04. The summed E-state index contributed by atoms with van der Waals surface area (Å²) in [6.07, 6.45) is 6.01. The van der Waals surface area contributed by atoms with Crippen molar-refractivity contribution in [2.75, 3.05) is 26.2 Å². The van der Waals surface area contributed by atoms with Crippen LogP contribution in [0.25, 0.3) is 0 Å². The number of amides is 1. The lowest BCUT2D eigenvalue weighted by Crippen LogP contribution is -2.50. The molecule has 1 amide bonds. The highest BCUT2D eigenvalue weighted by Gasteiger charge is 2.28. The van der Waals surface area contributed by atoms with Crippen molar-refractivity contribution in [1.82, 2.24) is 19.6 Å². The topological polar surface area (TPSA) is 54.5 Å². The third-order valence-corrected chi connectivity index (χ3v) is 4.61. The van der Waals surface area contributed by atoms with Gasteiger partial charge in [0.25, 0.3) is 0 Å². The molecular formula is C16H21BrN4O2. The zero-order valence-corrected chi connectivity index (χ0v) is 14.8. The molecule has 1 fully saturated rings. The van der Waals surface area contributed by atoms with E-state index in [9.17, 15) is 4.79 Å². The molecule has 1 atom stereocenters. The lowest BCUT2D eigenvalue weighted by atomic mass is 10.1. The Balaban J connectivity index is 1.56. The highest BCUT2D eigenvalue weighted by Crippen LogP contribution is 2.19. The standard InChI is InChI=1S/C16H21BrN4O2/c1-2-15(21-11-13(17)10-18-21)16(22)20-7-5-19(6-8-20)12-14-4-3-9-23-14/h3-4,9-11,15H,2,5-8,12H2,1H3. The number of aromatic nitrogens is 2. The molecule has 7 heteroatoms. The van der Waals surface area contributed by atoms with Crippen LogP contribution in [0.2, 0.25) is 0 Å². The molecule has 2 aromatic heterocycles. The number of rotatable bonds is 5. The minimum absolute atomic E-state index is 0.153. The minimum Gasteiger partial charge on any atom is -0.468 e. The molecule has 0 aliphatic carbocycles. The first kappa shape index (κ1) is 16.3. The van der Waals surface area contributed by atoms with E-state index < -0.39 is 0 Å². The van der Waals surface area contributed by atoms with Crippen molar-refractivity contribution in [3.8, 4) is 0 Å². The quantitative estimate of drug-likeness (QED) is 0.799. The first-order valence-electron chi connectivity index (χ1n) is 7.90. The summed E-state index contributed by atoms with van der Waals surface area (Å²) in [7, 11) is 0. The van der Waals surface area contributed by atoms with Gasteiger partial charge in [0.2, 0.25) is 5.91 Å². The minimum atomic E-state index is -0.224. The second kappa shape index (κ2) is 7.31. The number of hydrogen-bond acceptors (Lipinski definition) is 4. The summed E-state index contributed by atoms with van der Waals surface area (Å²) in [5.74, 6) is 1.12. The van der Waals surface area contributed by atoms with Crippen molar-refractivity contribution < 1.29 is 9.21 Å². The van der Waals surface area contributed by atoms with Crippen LogP contribution in [0.4, 0.5) is 0 Å². The number of piperazine rings is 1. The summed E-state index contributed by atoms with van der Waals surface area (Å²) in [5, 5.41) is 4.27. The second-order valence-electron chi connectivity index (χ2n) is 5.74. The fourth-order valence-electron chi connectivity index (χ4n) is 2.92. The van der Waals surface area contributed by atoms with Gasteiger partial charge in [-0.05, 0) is 34.5 Å². The summed E-state index contributed by atoms with van der Waals surface area (Å²) in [4.78, 5) is 17.0. The Morgan fingerprint density at radius 1 is 1.39 bits per heavy atom. The third kappa shape index (κ3) is 3.84. The molecule has 0 spiro atoms. The van der Waals surface area contributed by atoms with Gasteiger partial charge in [-0.2, -0.15) is 5.10 Å². The van der Waals surface area contributed by atoms with Crippen LogP contribution in [-0.4, -0.2) is 51.7 Å². The van der Waals surface area contributed by atoms with Crippen LogP contribution < -0.4 is 0 Å². The van der Waals surface area contributed by atoms with Gasteiger partial charge in [0.1, 0.15) is 11.8 Å². The van der Waals surface area contributed by atoms with Crippen molar-refractivity contribution >= 4 is 21.8 Å². The van der Waals surface area contributed by atoms with Crippen LogP contribution in [0.3, 0.4) is 0 Å². The van der Waals surface area contributed by atoms with Crippen molar-refractivity contribution in [1.29, 1.82) is 0 Å². The Kier molecular flexibility index (Phi) is 5.17. The van der Waals surface area contributed by atoms with Gasteiger partial charge in [0, 0.05) is 32.4 Å². The van der Waals surface area contributed by atoms with E-state index >= 15 is 0 Å². The third-order valence-electron chi connectivity index (χ3n) is 4.20. The van der Waals surface area contributed by atoms with Gasteiger partial charge in [-0.1, -0.05) is 6.92 Å². The average molecular weight is 381 g/mol. The molecule has 3 heterocycles. The predicted octanol–water partition coefficient (Wildman–Crippen LogP) is 2.53. The van der Waals surface area contributed by atoms with Gasteiger partial charge in [-0.15, -0.1) is 0 Å². The van der Waals surface area contributed by atoms with Crippen molar-refractivity contribution in [3.63, 3.8) is 0 Å². The monoisotopic (exact) mass is 380 g/mol. The molecule has 0 saturated carbocycles. The van der Waals surface area contributed by atoms with Gasteiger partial charge in [-0.3, -0.25) is 14.4 Å². The maximum Gasteiger partial charge on any atom is 0.247 e. The molecule has 124 valence electrons. The molecule has 0 radical (unpaired) electrons. The highest BCUT2D eigenvalue weighted by atomic mass is 79.9. The average Bonchev–Trinajstić information content (AvgIpc) is 3.21. The zero-order chi connectivity index (χ0) is 16.2. The van der Waals surface area contributed by atoms with Crippen LogP contribution in [0.15, 0.2) is 39.7 Å². The van der Waals surface area contributed by atoms with E-state index in [-0.39, 0.29) is 11.9 Å². The van der Waals surface area contributed by atoms with E-state index in [1.807, 2.05) is 30.2 Å². The van der Waals surface area contributed by atoms with Crippen LogP contribution in [0, 0.1) is 0 Å². The molecule has 1 unspecified atom stereocenters. The van der Waals surface area contributed by atoms with Gasteiger partial charge in [0.05, 0.1) is 23.5 Å². The van der Waals surface area contributed by atoms with Gasteiger partial charge >= 0.3 is 0 Å². The van der Waals surface area contributed by atoms with E-state index in [4.69, 9.17) is 4.42 Å². The number of carbonyl (C=O) groups is 1. The molecule has 1 aliphatic rings. The Labute approximate surface area is 144 Å². The Morgan fingerprint density at radius 2 is 2.17 bits per heavy atom. The number of nitrogens with zero attached hydrogens (tertiary/aromatic N) is 4. The second-order valence-corrected chi connectivity index (χ2v) is 6.66. The van der Waals surface area contributed by atoms with Crippen molar-refractivity contribution in [3.05, 3.63) is 41.0 Å². The first-order valence-corrected chi connectivity index (χ1v) is 8.70. The van der Waals surface area contributed by atoms with Crippen LogP contribution >= 0.6 is 15.9 Å². The van der Waals surface area contributed by atoms with Crippen LogP contribution in [-0.2, 0) is 11.3 Å². The van der Waals surface area contributed by atoms with Gasteiger partial charge < -0.3 is 9.32 Å². The Bertz CT molecular complexity index is 632.